The predicted octanol–water partition coefficient (Wildman–Crippen LogP) is 1.51. The SMILES string of the molecule is O=C(NCc1ccc(C#CCCO)s1)C1CC1. The second-order valence-corrected chi connectivity index (χ2v) is 5.20. The van der Waals surface area contributed by atoms with Crippen LogP contribution in [0.5, 0.6) is 0 Å². The summed E-state index contributed by atoms with van der Waals surface area (Å²) in [5, 5.41) is 11.5. The van der Waals surface area contributed by atoms with Gasteiger partial charge in [0.05, 0.1) is 18.0 Å². The Kier molecular flexibility index (Phi) is 4.18. The van der Waals surface area contributed by atoms with E-state index >= 15 is 0 Å². The highest BCUT2D eigenvalue weighted by Gasteiger charge is 2.29. The smallest absolute Gasteiger partial charge is 0.223 e. The number of hydrogen-bond donors (Lipinski definition) is 2. The lowest BCUT2D eigenvalue weighted by molar-refractivity contribution is -0.122. The number of carbonyl (C=O) groups excluding carboxylic acids is 1. The van der Waals surface area contributed by atoms with Gasteiger partial charge in [0.2, 0.25) is 5.91 Å². The molecule has 1 amide bonds. The minimum Gasteiger partial charge on any atom is -0.395 e. The second-order valence-electron chi connectivity index (χ2n) is 4.03. The Labute approximate surface area is 105 Å². The van der Waals surface area contributed by atoms with E-state index in [1.165, 1.54) is 0 Å². The minimum absolute atomic E-state index is 0.0999. The number of carbonyl (C=O) groups is 1. The van der Waals surface area contributed by atoms with Gasteiger partial charge in [0.1, 0.15) is 0 Å². The molecule has 1 aromatic heterocycles. The van der Waals surface area contributed by atoms with Crippen LogP contribution in [0, 0.1) is 17.8 Å². The van der Waals surface area contributed by atoms with Gasteiger partial charge in [0, 0.05) is 17.2 Å². The molecule has 0 spiro atoms. The van der Waals surface area contributed by atoms with Crippen LogP contribution in [-0.4, -0.2) is 17.6 Å². The molecular formula is C13H15NO2S. The van der Waals surface area contributed by atoms with E-state index in [-0.39, 0.29) is 18.4 Å². The molecule has 90 valence electrons. The molecule has 1 aliphatic rings. The summed E-state index contributed by atoms with van der Waals surface area (Å²) in [5.74, 6) is 6.30. The van der Waals surface area contributed by atoms with Gasteiger partial charge in [-0.15, -0.1) is 11.3 Å². The summed E-state index contributed by atoms with van der Waals surface area (Å²) in [5.41, 5.74) is 0. The lowest BCUT2D eigenvalue weighted by Gasteiger charge is -2.00. The van der Waals surface area contributed by atoms with Crippen LogP contribution < -0.4 is 5.32 Å². The zero-order chi connectivity index (χ0) is 12.1. The van der Waals surface area contributed by atoms with Crippen molar-refractivity contribution in [1.29, 1.82) is 0 Å². The van der Waals surface area contributed by atoms with Crippen molar-refractivity contribution in [3.05, 3.63) is 21.9 Å². The third-order valence-electron chi connectivity index (χ3n) is 2.50. The van der Waals surface area contributed by atoms with Gasteiger partial charge in [-0.3, -0.25) is 4.79 Å². The maximum Gasteiger partial charge on any atom is 0.223 e. The summed E-state index contributed by atoms with van der Waals surface area (Å²) < 4.78 is 0. The average molecular weight is 249 g/mol. The minimum atomic E-state index is 0.0999. The molecule has 1 saturated carbocycles. The standard InChI is InChI=1S/C13H15NO2S/c15-8-2-1-3-11-6-7-12(17-11)9-14-13(16)10-4-5-10/h6-7,10,15H,2,4-5,8-9H2,(H,14,16). The summed E-state index contributed by atoms with van der Waals surface area (Å²) in [6.45, 7) is 0.699. The summed E-state index contributed by atoms with van der Waals surface area (Å²) in [6, 6.07) is 3.94. The van der Waals surface area contributed by atoms with Crippen LogP contribution >= 0.6 is 11.3 Å². The molecule has 0 bridgehead atoms. The van der Waals surface area contributed by atoms with Gasteiger partial charge in [0.25, 0.3) is 0 Å². The molecule has 0 unspecified atom stereocenters. The number of aliphatic hydroxyl groups excluding tert-OH is 1. The van der Waals surface area contributed by atoms with Gasteiger partial charge in [-0.05, 0) is 25.0 Å². The van der Waals surface area contributed by atoms with Crippen LogP contribution in [0.2, 0.25) is 0 Å². The number of rotatable bonds is 4. The zero-order valence-electron chi connectivity index (χ0n) is 9.53. The first-order chi connectivity index (χ1) is 8.29. The van der Waals surface area contributed by atoms with E-state index in [1.807, 2.05) is 12.1 Å². The van der Waals surface area contributed by atoms with Crippen LogP contribution in [0.4, 0.5) is 0 Å². The Hall–Kier alpha value is -1.31. The first-order valence-corrected chi connectivity index (χ1v) is 6.57. The monoisotopic (exact) mass is 249 g/mol. The lowest BCUT2D eigenvalue weighted by Crippen LogP contribution is -2.23. The van der Waals surface area contributed by atoms with E-state index in [2.05, 4.69) is 17.2 Å². The Morgan fingerprint density at radius 2 is 2.35 bits per heavy atom. The predicted molar refractivity (Wildman–Crippen MR) is 67.5 cm³/mol. The quantitative estimate of drug-likeness (QED) is 0.795. The fourth-order valence-corrected chi connectivity index (χ4v) is 2.23. The van der Waals surface area contributed by atoms with Crippen molar-refractivity contribution >= 4 is 17.2 Å². The fourth-order valence-electron chi connectivity index (χ4n) is 1.41. The average Bonchev–Trinajstić information content (AvgIpc) is 3.08. The van der Waals surface area contributed by atoms with Gasteiger partial charge in [0.15, 0.2) is 0 Å². The maximum absolute atomic E-state index is 11.4. The normalized spacial score (nSPS) is 13.9. The van der Waals surface area contributed by atoms with E-state index in [9.17, 15) is 4.79 Å². The highest BCUT2D eigenvalue weighted by molar-refractivity contribution is 7.12. The summed E-state index contributed by atoms with van der Waals surface area (Å²) >= 11 is 1.59. The van der Waals surface area contributed by atoms with Crippen molar-refractivity contribution in [3.63, 3.8) is 0 Å². The molecule has 0 aliphatic heterocycles. The molecular weight excluding hydrogens is 234 g/mol. The van der Waals surface area contributed by atoms with Crippen molar-refractivity contribution in [1.82, 2.24) is 5.32 Å². The van der Waals surface area contributed by atoms with Gasteiger partial charge < -0.3 is 10.4 Å². The van der Waals surface area contributed by atoms with Crippen LogP contribution in [-0.2, 0) is 11.3 Å². The molecule has 1 aliphatic carbocycles. The highest BCUT2D eigenvalue weighted by atomic mass is 32.1. The maximum atomic E-state index is 11.4. The van der Waals surface area contributed by atoms with Gasteiger partial charge in [-0.2, -0.15) is 0 Å². The Morgan fingerprint density at radius 3 is 3.06 bits per heavy atom. The summed E-state index contributed by atoms with van der Waals surface area (Å²) in [7, 11) is 0. The molecule has 1 fully saturated rings. The zero-order valence-corrected chi connectivity index (χ0v) is 10.3. The highest BCUT2D eigenvalue weighted by Crippen LogP contribution is 2.29. The van der Waals surface area contributed by atoms with Crippen molar-refractivity contribution in [2.75, 3.05) is 6.61 Å². The van der Waals surface area contributed by atoms with Crippen LogP contribution in [0.15, 0.2) is 12.1 Å². The van der Waals surface area contributed by atoms with E-state index in [0.717, 1.165) is 22.6 Å². The number of thiophene rings is 1. The number of hydrogen-bond acceptors (Lipinski definition) is 3. The number of amides is 1. The van der Waals surface area contributed by atoms with E-state index in [1.54, 1.807) is 11.3 Å². The third kappa shape index (κ3) is 3.88. The Bertz CT molecular complexity index is 451. The van der Waals surface area contributed by atoms with E-state index < -0.39 is 0 Å². The molecule has 0 aromatic carbocycles. The molecule has 2 rings (SSSR count). The van der Waals surface area contributed by atoms with Crippen LogP contribution in [0.3, 0.4) is 0 Å². The Morgan fingerprint density at radius 1 is 1.53 bits per heavy atom. The van der Waals surface area contributed by atoms with Crippen molar-refractivity contribution in [2.45, 2.75) is 25.8 Å². The molecule has 0 atom stereocenters. The van der Waals surface area contributed by atoms with Crippen LogP contribution in [0.25, 0.3) is 0 Å². The molecule has 1 heterocycles. The van der Waals surface area contributed by atoms with Crippen molar-refractivity contribution in [2.24, 2.45) is 5.92 Å². The fraction of sp³-hybridized carbons (Fsp3) is 0.462. The summed E-state index contributed by atoms with van der Waals surface area (Å²) in [6.07, 6.45) is 2.58. The van der Waals surface area contributed by atoms with Crippen molar-refractivity contribution in [3.8, 4) is 11.8 Å². The van der Waals surface area contributed by atoms with E-state index in [0.29, 0.717) is 13.0 Å². The first kappa shape index (κ1) is 12.2. The Balaban J connectivity index is 1.81. The molecule has 0 radical (unpaired) electrons. The lowest BCUT2D eigenvalue weighted by atomic mass is 10.3. The van der Waals surface area contributed by atoms with Crippen LogP contribution in [0.1, 0.15) is 29.0 Å². The molecule has 0 saturated heterocycles. The molecule has 3 nitrogen and oxygen atoms in total. The molecule has 17 heavy (non-hydrogen) atoms. The second kappa shape index (κ2) is 5.85. The van der Waals surface area contributed by atoms with Gasteiger partial charge in [-0.25, -0.2) is 0 Å². The number of nitrogens with one attached hydrogen (secondary N) is 1. The summed E-state index contributed by atoms with van der Waals surface area (Å²) in [4.78, 5) is 13.5. The molecule has 2 N–H and O–H groups in total. The molecule has 1 aromatic rings. The van der Waals surface area contributed by atoms with E-state index in [4.69, 9.17) is 5.11 Å². The van der Waals surface area contributed by atoms with Gasteiger partial charge in [-0.1, -0.05) is 11.8 Å². The first-order valence-electron chi connectivity index (χ1n) is 5.76. The van der Waals surface area contributed by atoms with Crippen molar-refractivity contribution < 1.29 is 9.90 Å². The number of aliphatic hydroxyl groups is 1. The largest absolute Gasteiger partial charge is 0.395 e. The molecule has 4 heteroatoms. The topological polar surface area (TPSA) is 49.3 Å². The third-order valence-corrected chi connectivity index (χ3v) is 3.50. The van der Waals surface area contributed by atoms with Gasteiger partial charge >= 0.3 is 0 Å².